The van der Waals surface area contributed by atoms with Gasteiger partial charge in [0.15, 0.2) is 4.80 Å². The molecule has 158 valence electrons. The average molecular weight is 473 g/mol. The molecule has 1 aliphatic rings. The van der Waals surface area contributed by atoms with Gasteiger partial charge in [-0.05, 0) is 49.2 Å². The van der Waals surface area contributed by atoms with Crippen LogP contribution in [0.25, 0.3) is 6.08 Å². The fourth-order valence-corrected chi connectivity index (χ4v) is 5.01. The topological polar surface area (TPSA) is 60.7 Å². The van der Waals surface area contributed by atoms with Gasteiger partial charge in [-0.25, -0.2) is 9.79 Å². The summed E-state index contributed by atoms with van der Waals surface area (Å²) in [5.74, 6) is -0.516. The Bertz CT molecular complexity index is 1390. The zero-order chi connectivity index (χ0) is 22.1. The molecule has 1 unspecified atom stereocenters. The number of esters is 1. The second-order valence-electron chi connectivity index (χ2n) is 6.88. The lowest BCUT2D eigenvalue weighted by atomic mass is 9.96. The molecule has 2 heterocycles. The van der Waals surface area contributed by atoms with Gasteiger partial charge >= 0.3 is 5.97 Å². The molecule has 0 radical (unpaired) electrons. The van der Waals surface area contributed by atoms with Crippen molar-refractivity contribution < 1.29 is 9.53 Å². The number of nitrogens with zero attached hydrogens (tertiary/aromatic N) is 2. The van der Waals surface area contributed by atoms with E-state index in [-0.39, 0.29) is 12.2 Å². The van der Waals surface area contributed by atoms with Crippen molar-refractivity contribution >= 4 is 46.6 Å². The Hall–Kier alpha value is -2.67. The molecule has 1 aliphatic heterocycles. The third kappa shape index (κ3) is 4.11. The molecule has 0 aliphatic carbocycles. The van der Waals surface area contributed by atoms with Gasteiger partial charge in [0, 0.05) is 10.0 Å². The minimum absolute atomic E-state index is 0.212. The van der Waals surface area contributed by atoms with E-state index in [1.807, 2.05) is 18.2 Å². The van der Waals surface area contributed by atoms with Crippen molar-refractivity contribution in [3.05, 3.63) is 101 Å². The first-order valence-corrected chi connectivity index (χ1v) is 11.2. The van der Waals surface area contributed by atoms with Crippen molar-refractivity contribution in [2.75, 3.05) is 6.61 Å². The van der Waals surface area contributed by atoms with E-state index in [0.29, 0.717) is 36.2 Å². The summed E-state index contributed by atoms with van der Waals surface area (Å²) in [5.41, 5.74) is 1.98. The maximum atomic E-state index is 13.5. The zero-order valence-electron chi connectivity index (χ0n) is 16.8. The number of carbonyl (C=O) groups is 1. The number of thiazole rings is 1. The molecular weight excluding hydrogens is 455 g/mol. The summed E-state index contributed by atoms with van der Waals surface area (Å²) < 4.78 is 7.28. The predicted octanol–water partition coefficient (Wildman–Crippen LogP) is 4.11. The molecule has 1 atom stereocenters. The third-order valence-electron chi connectivity index (χ3n) is 4.86. The summed E-state index contributed by atoms with van der Waals surface area (Å²) in [7, 11) is 0. The number of allylic oxidation sites excluding steroid dienone is 1. The summed E-state index contributed by atoms with van der Waals surface area (Å²) in [5, 5.41) is 1.03. The van der Waals surface area contributed by atoms with Crippen molar-refractivity contribution in [3.63, 3.8) is 0 Å². The fourth-order valence-electron chi connectivity index (χ4n) is 3.53. The van der Waals surface area contributed by atoms with Crippen LogP contribution in [0.5, 0.6) is 0 Å². The molecule has 0 spiro atoms. The van der Waals surface area contributed by atoms with Crippen LogP contribution in [-0.2, 0) is 9.53 Å². The number of hydrogen-bond donors (Lipinski definition) is 0. The molecule has 3 aromatic rings. The number of ether oxygens (including phenoxy) is 1. The number of rotatable bonds is 4. The Morgan fingerprint density at radius 3 is 2.71 bits per heavy atom. The van der Waals surface area contributed by atoms with Gasteiger partial charge < -0.3 is 4.74 Å². The van der Waals surface area contributed by atoms with Gasteiger partial charge in [-0.3, -0.25) is 9.36 Å². The van der Waals surface area contributed by atoms with E-state index >= 15 is 0 Å². The van der Waals surface area contributed by atoms with Gasteiger partial charge in [0.25, 0.3) is 5.56 Å². The van der Waals surface area contributed by atoms with Crippen LogP contribution >= 0.6 is 34.5 Å². The summed E-state index contributed by atoms with van der Waals surface area (Å²) in [6.07, 6.45) is 1.77. The molecule has 0 amide bonds. The molecule has 0 N–H and O–H groups in total. The highest BCUT2D eigenvalue weighted by atomic mass is 35.5. The normalized spacial score (nSPS) is 16.1. The molecular formula is C23H18Cl2N2O3S. The standard InChI is InChI=1S/C23H18Cl2N2O3S/c1-3-30-22(29)19-13(2)26-23-27(20(19)16-9-4-5-10-17(16)25)21(28)18(31-23)12-14-7-6-8-15(24)11-14/h4-12,20H,3H2,1-2H3/b18-12+. The Kier molecular flexibility index (Phi) is 6.14. The van der Waals surface area contributed by atoms with Crippen LogP contribution < -0.4 is 14.9 Å². The first-order valence-electron chi connectivity index (χ1n) is 9.60. The van der Waals surface area contributed by atoms with Crippen LogP contribution in [-0.4, -0.2) is 17.1 Å². The Labute approximate surface area is 192 Å². The Balaban J connectivity index is 1.99. The lowest BCUT2D eigenvalue weighted by Crippen LogP contribution is -2.40. The van der Waals surface area contributed by atoms with Crippen LogP contribution in [0, 0.1) is 0 Å². The molecule has 4 rings (SSSR count). The van der Waals surface area contributed by atoms with Gasteiger partial charge in [-0.15, -0.1) is 0 Å². The Morgan fingerprint density at radius 2 is 2.00 bits per heavy atom. The molecule has 1 aromatic heterocycles. The van der Waals surface area contributed by atoms with Gasteiger partial charge in [0.05, 0.1) is 22.4 Å². The minimum Gasteiger partial charge on any atom is -0.463 e. The van der Waals surface area contributed by atoms with Crippen LogP contribution in [0.1, 0.15) is 31.0 Å². The van der Waals surface area contributed by atoms with Gasteiger partial charge in [0.2, 0.25) is 0 Å². The molecule has 0 saturated carbocycles. The monoisotopic (exact) mass is 472 g/mol. The maximum absolute atomic E-state index is 13.5. The van der Waals surface area contributed by atoms with Crippen molar-refractivity contribution in [2.45, 2.75) is 19.9 Å². The number of halogens is 2. The smallest absolute Gasteiger partial charge is 0.338 e. The zero-order valence-corrected chi connectivity index (χ0v) is 19.1. The lowest BCUT2D eigenvalue weighted by molar-refractivity contribution is -0.139. The summed E-state index contributed by atoms with van der Waals surface area (Å²) in [6, 6.07) is 13.7. The summed E-state index contributed by atoms with van der Waals surface area (Å²) in [6.45, 7) is 3.69. The second-order valence-corrected chi connectivity index (χ2v) is 8.73. The van der Waals surface area contributed by atoms with Gasteiger partial charge in [-0.2, -0.15) is 0 Å². The highest BCUT2D eigenvalue weighted by Crippen LogP contribution is 2.34. The van der Waals surface area contributed by atoms with Gasteiger partial charge in [0.1, 0.15) is 6.04 Å². The van der Waals surface area contributed by atoms with E-state index in [1.54, 1.807) is 50.3 Å². The molecule has 0 bridgehead atoms. The number of fused-ring (bicyclic) bond motifs is 1. The third-order valence-corrected chi connectivity index (χ3v) is 6.43. The van der Waals surface area contributed by atoms with Gasteiger partial charge in [-0.1, -0.05) is 64.9 Å². The number of carbonyl (C=O) groups excluding carboxylic acids is 1. The van der Waals surface area contributed by atoms with E-state index in [1.165, 1.54) is 15.9 Å². The SMILES string of the molecule is CCOC(=O)C1=C(C)N=c2s/c(=C/c3cccc(Cl)c3)c(=O)n2C1c1ccccc1Cl. The lowest BCUT2D eigenvalue weighted by Gasteiger charge is -2.25. The highest BCUT2D eigenvalue weighted by molar-refractivity contribution is 7.07. The molecule has 31 heavy (non-hydrogen) atoms. The van der Waals surface area contributed by atoms with Crippen molar-refractivity contribution in [2.24, 2.45) is 4.99 Å². The van der Waals surface area contributed by atoms with Crippen LogP contribution in [0.4, 0.5) is 0 Å². The molecule has 8 heteroatoms. The van der Waals surface area contributed by atoms with E-state index < -0.39 is 12.0 Å². The first-order chi connectivity index (χ1) is 14.9. The highest BCUT2D eigenvalue weighted by Gasteiger charge is 2.34. The number of hydrogen-bond acceptors (Lipinski definition) is 5. The van der Waals surface area contributed by atoms with E-state index in [9.17, 15) is 9.59 Å². The van der Waals surface area contributed by atoms with E-state index in [2.05, 4.69) is 4.99 Å². The summed E-state index contributed by atoms with van der Waals surface area (Å²) >= 11 is 13.8. The van der Waals surface area contributed by atoms with E-state index in [4.69, 9.17) is 27.9 Å². The summed E-state index contributed by atoms with van der Waals surface area (Å²) in [4.78, 5) is 31.3. The second kappa shape index (κ2) is 8.83. The van der Waals surface area contributed by atoms with E-state index in [0.717, 1.165) is 5.56 Å². The number of benzene rings is 2. The largest absolute Gasteiger partial charge is 0.463 e. The van der Waals surface area contributed by atoms with Crippen LogP contribution in [0.2, 0.25) is 10.0 Å². The maximum Gasteiger partial charge on any atom is 0.338 e. The average Bonchev–Trinajstić information content (AvgIpc) is 3.02. The molecule has 0 fully saturated rings. The predicted molar refractivity (Wildman–Crippen MR) is 123 cm³/mol. The van der Waals surface area contributed by atoms with Crippen molar-refractivity contribution in [1.29, 1.82) is 0 Å². The molecule has 5 nitrogen and oxygen atoms in total. The van der Waals surface area contributed by atoms with Crippen LogP contribution in [0.3, 0.4) is 0 Å². The minimum atomic E-state index is -0.731. The van der Waals surface area contributed by atoms with Crippen molar-refractivity contribution in [3.8, 4) is 0 Å². The molecule has 0 saturated heterocycles. The first kappa shape index (κ1) is 21.6. The Morgan fingerprint density at radius 1 is 1.23 bits per heavy atom. The quantitative estimate of drug-likeness (QED) is 0.536. The number of aromatic nitrogens is 1. The molecule has 2 aromatic carbocycles. The van der Waals surface area contributed by atoms with Crippen LogP contribution in [0.15, 0.2) is 69.6 Å². The fraction of sp³-hybridized carbons (Fsp3) is 0.174. The van der Waals surface area contributed by atoms with Crippen molar-refractivity contribution in [1.82, 2.24) is 4.57 Å².